The number of benzene rings is 7. The Balaban J connectivity index is 0.00000214. The molecule has 0 amide bonds. The first-order valence-electron chi connectivity index (χ1n) is 18.3. The van der Waals surface area contributed by atoms with E-state index in [0.717, 1.165) is 22.6 Å². The highest BCUT2D eigenvalue weighted by atomic mass is 15.2. The maximum Gasteiger partial charge on any atom is 0.0659 e. The highest BCUT2D eigenvalue weighted by Gasteiger charge is 2.31. The zero-order valence-corrected chi connectivity index (χ0v) is 30.9. The Morgan fingerprint density at radius 3 is 1.64 bits per heavy atom. The third kappa shape index (κ3) is 6.00. The van der Waals surface area contributed by atoms with Crippen molar-refractivity contribution in [1.29, 1.82) is 0 Å². The second-order valence-electron chi connectivity index (χ2n) is 13.0. The lowest BCUT2D eigenvalue weighted by Crippen LogP contribution is -2.22. The van der Waals surface area contributed by atoms with Gasteiger partial charge in [0, 0.05) is 17.1 Å². The number of hydrogen-bond donors (Lipinski definition) is 2. The van der Waals surface area contributed by atoms with Crippen LogP contribution in [0, 0.1) is 0 Å². The molecule has 3 nitrogen and oxygen atoms in total. The Morgan fingerprint density at radius 1 is 0.566 bits per heavy atom. The van der Waals surface area contributed by atoms with Gasteiger partial charge >= 0.3 is 0 Å². The maximum absolute atomic E-state index is 6.41. The quantitative estimate of drug-likeness (QED) is 0.156. The molecular weight excluding hydrogens is 643 g/mol. The summed E-state index contributed by atoms with van der Waals surface area (Å²) in [6.45, 7) is 12.2. The molecule has 3 heteroatoms. The van der Waals surface area contributed by atoms with Crippen LogP contribution in [0.3, 0.4) is 0 Å². The van der Waals surface area contributed by atoms with Crippen LogP contribution >= 0.6 is 0 Å². The average molecular weight is 688 g/mol. The fourth-order valence-corrected chi connectivity index (χ4v) is 7.87. The van der Waals surface area contributed by atoms with Crippen LogP contribution in [0.2, 0.25) is 0 Å². The van der Waals surface area contributed by atoms with Gasteiger partial charge in [-0.25, -0.2) is 0 Å². The molecule has 0 unspecified atom stereocenters. The molecule has 7 aromatic rings. The molecule has 53 heavy (non-hydrogen) atoms. The van der Waals surface area contributed by atoms with Gasteiger partial charge in [0.05, 0.1) is 5.70 Å². The summed E-state index contributed by atoms with van der Waals surface area (Å²) in [7, 11) is 0. The molecule has 8 rings (SSSR count). The van der Waals surface area contributed by atoms with Crippen molar-refractivity contribution in [2.45, 2.75) is 27.7 Å². The summed E-state index contributed by atoms with van der Waals surface area (Å²) in [6.07, 6.45) is 7.30. The summed E-state index contributed by atoms with van der Waals surface area (Å²) < 4.78 is 0. The van der Waals surface area contributed by atoms with E-state index >= 15 is 0 Å². The second-order valence-corrected chi connectivity index (χ2v) is 13.0. The van der Waals surface area contributed by atoms with Crippen molar-refractivity contribution in [2.24, 2.45) is 11.5 Å². The van der Waals surface area contributed by atoms with E-state index in [2.05, 4.69) is 151 Å². The van der Waals surface area contributed by atoms with Gasteiger partial charge in [-0.15, -0.1) is 0 Å². The molecule has 260 valence electrons. The van der Waals surface area contributed by atoms with Crippen LogP contribution in [-0.4, -0.2) is 0 Å². The van der Waals surface area contributed by atoms with Gasteiger partial charge < -0.3 is 16.4 Å². The standard InChI is InChI=1S/C48H39N3.C2H6/c1-4-15-31(2)51(43(28-29-49)32(3)50)36-21-13-20-35(30-36)37-26-27-42-46-38(37)24-14-25-41(46)47-44(33-16-7-5-8-17-33)39-22-11-12-23-40(39)45(48(42)47)34-18-9-6-10-19-34;1-2/h4-30H,2,49-50H2,1,3H3;1-2H3/b15-4-,29-28-,43-32-;. The topological polar surface area (TPSA) is 55.3 Å². The SMILES string of the molecule is C=C(/C=C\C)N(C(/C=C\N)=C(/C)N)c1cccc(-c2ccc3c4c(cccc24)-c2c-3c(-c3ccccc3)c3ccccc3c2-c2ccccc2)c1.CC. The minimum Gasteiger partial charge on any atom is -0.405 e. The molecule has 0 heterocycles. The largest absolute Gasteiger partial charge is 0.405 e. The fourth-order valence-electron chi connectivity index (χ4n) is 7.87. The first-order valence-corrected chi connectivity index (χ1v) is 18.3. The minimum absolute atomic E-state index is 0.645. The predicted molar refractivity (Wildman–Crippen MR) is 230 cm³/mol. The molecule has 0 fully saturated rings. The molecule has 0 saturated heterocycles. The molecule has 1 aliphatic rings. The molecule has 0 atom stereocenters. The first-order chi connectivity index (χ1) is 26.0. The van der Waals surface area contributed by atoms with Gasteiger partial charge in [0.15, 0.2) is 0 Å². The molecule has 0 bridgehead atoms. The van der Waals surface area contributed by atoms with Crippen LogP contribution in [0.15, 0.2) is 188 Å². The van der Waals surface area contributed by atoms with Gasteiger partial charge in [0.1, 0.15) is 0 Å². The number of rotatable bonds is 8. The van der Waals surface area contributed by atoms with Crippen molar-refractivity contribution < 1.29 is 0 Å². The maximum atomic E-state index is 6.41. The zero-order chi connectivity index (χ0) is 37.1. The molecule has 0 aromatic heterocycles. The molecular formula is C50H45N3. The van der Waals surface area contributed by atoms with E-state index < -0.39 is 0 Å². The number of nitrogens with two attached hydrogens (primary N) is 2. The Morgan fingerprint density at radius 2 is 1.08 bits per heavy atom. The molecule has 4 N–H and O–H groups in total. The van der Waals surface area contributed by atoms with Crippen LogP contribution in [0.4, 0.5) is 5.69 Å². The van der Waals surface area contributed by atoms with Crippen molar-refractivity contribution in [1.82, 2.24) is 0 Å². The monoisotopic (exact) mass is 687 g/mol. The number of anilines is 1. The van der Waals surface area contributed by atoms with E-state index in [9.17, 15) is 0 Å². The van der Waals surface area contributed by atoms with E-state index in [1.807, 2.05) is 45.9 Å². The molecule has 1 aliphatic carbocycles. The van der Waals surface area contributed by atoms with Crippen LogP contribution < -0.4 is 16.4 Å². The van der Waals surface area contributed by atoms with Crippen molar-refractivity contribution in [2.75, 3.05) is 4.90 Å². The van der Waals surface area contributed by atoms with Gasteiger partial charge in [-0.3, -0.25) is 0 Å². The lowest BCUT2D eigenvalue weighted by molar-refractivity contribution is 1.09. The van der Waals surface area contributed by atoms with Crippen molar-refractivity contribution in [3.05, 3.63) is 188 Å². The Labute approximate surface area is 313 Å². The third-order valence-corrected chi connectivity index (χ3v) is 9.88. The van der Waals surface area contributed by atoms with Gasteiger partial charge in [-0.1, -0.05) is 154 Å². The van der Waals surface area contributed by atoms with E-state index in [4.69, 9.17) is 11.5 Å². The number of nitrogens with zero attached hydrogens (tertiary/aromatic N) is 1. The average Bonchev–Trinajstić information content (AvgIpc) is 3.53. The first kappa shape index (κ1) is 34.9. The lowest BCUT2D eigenvalue weighted by atomic mass is 9.82. The van der Waals surface area contributed by atoms with E-state index in [-0.39, 0.29) is 0 Å². The summed E-state index contributed by atoms with van der Waals surface area (Å²) in [6, 6.07) is 50.6. The third-order valence-electron chi connectivity index (χ3n) is 9.88. The summed E-state index contributed by atoms with van der Waals surface area (Å²) in [5.41, 5.74) is 27.8. The molecule has 0 aliphatic heterocycles. The second kappa shape index (κ2) is 15.0. The Hall–Kier alpha value is -6.58. The van der Waals surface area contributed by atoms with Crippen LogP contribution in [-0.2, 0) is 0 Å². The summed E-state index contributed by atoms with van der Waals surface area (Å²) in [5, 5.41) is 5.00. The van der Waals surface area contributed by atoms with Gasteiger partial charge in [0.25, 0.3) is 0 Å². The van der Waals surface area contributed by atoms with E-state index in [0.29, 0.717) is 5.70 Å². The summed E-state index contributed by atoms with van der Waals surface area (Å²) in [4.78, 5) is 2.06. The lowest BCUT2D eigenvalue weighted by Gasteiger charge is -2.28. The summed E-state index contributed by atoms with van der Waals surface area (Å²) in [5.74, 6) is 0. The highest BCUT2D eigenvalue weighted by Crippen LogP contribution is 2.58. The fraction of sp³-hybridized carbons (Fsp3) is 0.0800. The van der Waals surface area contributed by atoms with Gasteiger partial charge in [-0.2, -0.15) is 0 Å². The summed E-state index contributed by atoms with van der Waals surface area (Å²) >= 11 is 0. The zero-order valence-electron chi connectivity index (χ0n) is 30.9. The Bertz CT molecular complexity index is 2480. The van der Waals surface area contributed by atoms with Crippen molar-refractivity contribution >= 4 is 27.2 Å². The van der Waals surface area contributed by atoms with Gasteiger partial charge in [-0.05, 0) is 122 Å². The van der Waals surface area contributed by atoms with Crippen molar-refractivity contribution in [3.63, 3.8) is 0 Å². The smallest absolute Gasteiger partial charge is 0.0659 e. The number of hydrogen-bond acceptors (Lipinski definition) is 3. The minimum atomic E-state index is 0.645. The van der Waals surface area contributed by atoms with Crippen LogP contribution in [0.25, 0.3) is 77.2 Å². The highest BCUT2D eigenvalue weighted by molar-refractivity contribution is 6.28. The number of fused-ring (bicyclic) bond motifs is 4. The van der Waals surface area contributed by atoms with Crippen molar-refractivity contribution in [3.8, 4) is 55.6 Å². The molecule has 0 saturated carbocycles. The van der Waals surface area contributed by atoms with Crippen LogP contribution in [0.5, 0.6) is 0 Å². The molecule has 0 spiro atoms. The van der Waals surface area contributed by atoms with E-state index in [1.165, 1.54) is 77.8 Å². The van der Waals surface area contributed by atoms with E-state index in [1.54, 1.807) is 0 Å². The van der Waals surface area contributed by atoms with Gasteiger partial charge in [0.2, 0.25) is 0 Å². The Kier molecular flexibility index (Phi) is 9.83. The molecule has 7 aromatic carbocycles. The molecule has 0 radical (unpaired) electrons. The van der Waals surface area contributed by atoms with Crippen LogP contribution in [0.1, 0.15) is 27.7 Å². The normalized spacial score (nSPS) is 12.2. The number of allylic oxidation sites excluding steroid dienone is 4. The predicted octanol–water partition coefficient (Wildman–Crippen LogP) is 13.2.